The van der Waals surface area contributed by atoms with E-state index in [2.05, 4.69) is 47.3 Å². The van der Waals surface area contributed by atoms with Gasteiger partial charge >= 0.3 is 5.97 Å². The lowest BCUT2D eigenvalue weighted by molar-refractivity contribution is -0.367. The third kappa shape index (κ3) is 10.8. The Morgan fingerprint density at radius 2 is 1.19 bits per heavy atom. The topological polar surface area (TPSA) is 413 Å². The van der Waals surface area contributed by atoms with Crippen LogP contribution >= 0.6 is 0 Å². The highest BCUT2D eigenvalue weighted by atomic mass is 16.8. The molecule has 3 unspecified atom stereocenters. The Bertz CT molecular complexity index is 2360. The second-order valence-electron chi connectivity index (χ2n) is 27.2. The van der Waals surface area contributed by atoms with Crippen LogP contribution in [0.1, 0.15) is 106 Å². The summed E-state index contributed by atoms with van der Waals surface area (Å²) < 4.78 is 59.2. The smallest absolute Gasteiger partial charge is 0.315 e. The summed E-state index contributed by atoms with van der Waals surface area (Å²) in [6.07, 6.45) is -30.2. The van der Waals surface area contributed by atoms with Gasteiger partial charge in [-0.05, 0) is 105 Å². The number of hydrogen-bond acceptors (Lipinski definition) is 26. The maximum atomic E-state index is 15.1. The van der Waals surface area contributed by atoms with Crippen LogP contribution in [0.25, 0.3) is 0 Å². The molecule has 9 fully saturated rings. The summed E-state index contributed by atoms with van der Waals surface area (Å²) in [7, 11) is 0. The maximum Gasteiger partial charge on any atom is 0.315 e. The maximum absolute atomic E-state index is 15.1. The van der Waals surface area contributed by atoms with E-state index in [1.165, 1.54) is 6.92 Å². The molecule has 26 nitrogen and oxygen atoms in total. The molecule has 0 amide bonds. The molecule has 5 saturated heterocycles. The molecule has 10 aliphatic rings. The highest BCUT2D eigenvalue weighted by Gasteiger charge is 2.70. The average molecular weight is 1210 g/mol. The molecule has 480 valence electrons. The van der Waals surface area contributed by atoms with Crippen LogP contribution in [0.5, 0.6) is 0 Å². The number of rotatable bonds is 13. The largest absolute Gasteiger partial charge is 0.432 e. The van der Waals surface area contributed by atoms with E-state index in [-0.39, 0.29) is 40.6 Å². The van der Waals surface area contributed by atoms with E-state index in [1.807, 2.05) is 0 Å². The monoisotopic (exact) mass is 1200 g/mol. The number of carbonyl (C=O) groups excluding carboxylic acids is 1. The fourth-order valence-electron chi connectivity index (χ4n) is 17.1. The minimum absolute atomic E-state index is 0.132. The Morgan fingerprint density at radius 1 is 0.595 bits per heavy atom. The van der Waals surface area contributed by atoms with Gasteiger partial charge in [0, 0.05) is 5.92 Å². The predicted molar refractivity (Wildman–Crippen MR) is 283 cm³/mol. The lowest BCUT2D eigenvalue weighted by Gasteiger charge is -2.71. The van der Waals surface area contributed by atoms with E-state index in [0.717, 1.165) is 36.8 Å². The van der Waals surface area contributed by atoms with E-state index >= 15 is 4.79 Å². The molecule has 0 bridgehead atoms. The van der Waals surface area contributed by atoms with Crippen molar-refractivity contribution in [2.24, 2.45) is 44.8 Å². The van der Waals surface area contributed by atoms with Crippen molar-refractivity contribution in [2.45, 2.75) is 259 Å². The van der Waals surface area contributed by atoms with Gasteiger partial charge < -0.3 is 124 Å². The summed E-state index contributed by atoms with van der Waals surface area (Å²) >= 11 is 0. The number of aliphatic hydroxyl groups excluding tert-OH is 15. The normalized spacial score (nSPS) is 54.0. The second-order valence-corrected chi connectivity index (χ2v) is 27.2. The Labute approximate surface area is 487 Å². The van der Waals surface area contributed by atoms with Crippen LogP contribution in [0, 0.1) is 44.8 Å². The molecular weight excluding hydrogens is 1110 g/mol. The lowest BCUT2D eigenvalue weighted by Crippen LogP contribution is -2.66. The zero-order valence-corrected chi connectivity index (χ0v) is 48.5. The summed E-state index contributed by atoms with van der Waals surface area (Å²) in [4.78, 5) is 15.1. The van der Waals surface area contributed by atoms with Crippen LogP contribution in [0.2, 0.25) is 0 Å². The van der Waals surface area contributed by atoms with Crippen LogP contribution in [-0.4, -0.2) is 263 Å². The molecule has 5 aliphatic heterocycles. The molecule has 84 heavy (non-hydrogen) atoms. The van der Waals surface area contributed by atoms with Gasteiger partial charge in [0.25, 0.3) is 0 Å². The summed E-state index contributed by atoms with van der Waals surface area (Å²) in [5.74, 6) is -0.645. The van der Waals surface area contributed by atoms with Gasteiger partial charge in [-0.2, -0.15) is 0 Å². The Balaban J connectivity index is 0.815. The molecule has 0 aromatic heterocycles. The SMILES string of the molecule is C=C1CC[C@]2(C(=O)O[C@@H]3O[C@H](CO[C@@H]4O[C@H](CO)[C@@H](O[C@@H]5O[C@@H](C)[C@H](O)[C@@H](O)[C@H]5O)[C@H](O)[C@H]4O)[C@@H](O)[C@H](O)[C@H]3O)CC[C@]3(C)C(=CCC4[C@@]5(C)CC[C@H](O[C@@H]6OC[C@H](O)[C@H](O)[C@H]6O[C@@H]6O[C@H](CO)[C@@H](O)[C@H](O)[C@H]6O)C(C)(C)C5CC[C@]43C)C2C1. The van der Waals surface area contributed by atoms with Crippen LogP contribution in [0.4, 0.5) is 0 Å². The number of hydrogen-bond donors (Lipinski definition) is 15. The average Bonchev–Trinajstić information content (AvgIpc) is 0.746. The fourth-order valence-corrected chi connectivity index (χ4v) is 17.1. The van der Waals surface area contributed by atoms with Crippen LogP contribution < -0.4 is 0 Å². The first-order valence-electron chi connectivity index (χ1n) is 30.0. The third-order valence-electron chi connectivity index (χ3n) is 22.5. The molecular formula is C58H92O26. The Morgan fingerprint density at radius 3 is 1.87 bits per heavy atom. The molecule has 0 spiro atoms. The van der Waals surface area contributed by atoms with Gasteiger partial charge in [0.2, 0.25) is 6.29 Å². The van der Waals surface area contributed by atoms with Crippen molar-refractivity contribution in [2.75, 3.05) is 26.4 Å². The molecule has 32 atom stereocenters. The highest BCUT2D eigenvalue weighted by Crippen LogP contribution is 2.75. The number of ether oxygens (including phenoxy) is 10. The Hall–Kier alpha value is -2.01. The number of fused-ring (bicyclic) bond motifs is 7. The summed E-state index contributed by atoms with van der Waals surface area (Å²) in [6, 6.07) is 0. The van der Waals surface area contributed by atoms with Crippen molar-refractivity contribution in [1.29, 1.82) is 0 Å². The lowest BCUT2D eigenvalue weighted by atomic mass is 9.34. The zero-order valence-electron chi connectivity index (χ0n) is 48.5. The van der Waals surface area contributed by atoms with Gasteiger partial charge in [-0.3, -0.25) is 4.79 Å². The van der Waals surface area contributed by atoms with E-state index in [9.17, 15) is 76.6 Å². The molecule has 0 aromatic carbocycles. The van der Waals surface area contributed by atoms with Crippen molar-refractivity contribution < 1.29 is 129 Å². The van der Waals surface area contributed by atoms with Crippen molar-refractivity contribution in [3.05, 3.63) is 23.8 Å². The first-order chi connectivity index (χ1) is 39.5. The summed E-state index contributed by atoms with van der Waals surface area (Å²) in [5, 5.41) is 160. The number of aliphatic hydroxyl groups is 15. The van der Waals surface area contributed by atoms with Crippen molar-refractivity contribution in [3.63, 3.8) is 0 Å². The van der Waals surface area contributed by atoms with Crippen molar-refractivity contribution in [3.8, 4) is 0 Å². The molecule has 26 heteroatoms. The van der Waals surface area contributed by atoms with Crippen LogP contribution in [0.3, 0.4) is 0 Å². The molecule has 15 N–H and O–H groups in total. The zero-order chi connectivity index (χ0) is 61.1. The minimum atomic E-state index is -1.90. The highest BCUT2D eigenvalue weighted by molar-refractivity contribution is 5.79. The number of allylic oxidation sites excluding steroid dienone is 3. The van der Waals surface area contributed by atoms with Gasteiger partial charge in [0.05, 0.1) is 44.1 Å². The van der Waals surface area contributed by atoms with Crippen molar-refractivity contribution in [1.82, 2.24) is 0 Å². The summed E-state index contributed by atoms with van der Waals surface area (Å²) in [5.41, 5.74) is -0.246. The van der Waals surface area contributed by atoms with Gasteiger partial charge in [-0.15, -0.1) is 0 Å². The summed E-state index contributed by atoms with van der Waals surface area (Å²) in [6.45, 7) is 14.8. The van der Waals surface area contributed by atoms with E-state index in [4.69, 9.17) is 47.4 Å². The van der Waals surface area contributed by atoms with Crippen molar-refractivity contribution >= 4 is 5.97 Å². The molecule has 0 radical (unpaired) electrons. The van der Waals surface area contributed by atoms with E-state index < -0.39 is 190 Å². The quantitative estimate of drug-likeness (QED) is 0.0496. The van der Waals surface area contributed by atoms with Gasteiger partial charge in [-0.1, -0.05) is 58.4 Å². The molecule has 10 rings (SSSR count). The molecule has 0 aromatic rings. The first kappa shape index (κ1) is 65.0. The molecule has 5 aliphatic carbocycles. The first-order valence-corrected chi connectivity index (χ1v) is 30.0. The number of esters is 1. The van der Waals surface area contributed by atoms with Crippen LogP contribution in [0.15, 0.2) is 23.8 Å². The Kier molecular flexibility index (Phi) is 18.8. The molecule has 5 heterocycles. The fraction of sp³-hybridized carbons (Fsp3) is 0.914. The third-order valence-corrected chi connectivity index (χ3v) is 22.5. The molecule has 4 saturated carbocycles. The predicted octanol–water partition coefficient (Wildman–Crippen LogP) is -3.01. The van der Waals surface area contributed by atoms with Crippen LogP contribution in [-0.2, 0) is 52.2 Å². The number of carbonyl (C=O) groups is 1. The standard InChI is InChI=1S/C58H92O26/c1-23-10-15-58(53(74)84-51-44(72)40(68)37(65)30(80-51)22-76-48-45(73)41(69)46(29(20-60)79-48)82-49-42(70)38(66)34(62)24(2)77-49)17-16-56(6)25(26(58)18-23)8-9-32-55(5)13-12-33(54(3,4)31(55)11-14-57(32,56)7)81-52-47(35(63)27(61)21-75-52)83-50-43(71)39(67)36(64)28(19-59)78-50/h8,24,26-52,59-73H,1,9-22H2,2-7H3/t24-,26?,27-,28+,29+,30+,31?,32?,33-,34-,35-,36+,37+,38+,39-,40-,41+,42+,43+,44+,45+,46+,47+,48+,49-,50-,51-,52-,55-,56+,57+,58-/m0/s1. The van der Waals surface area contributed by atoms with E-state index in [0.29, 0.717) is 38.5 Å². The van der Waals surface area contributed by atoms with Gasteiger partial charge in [0.15, 0.2) is 25.2 Å². The van der Waals surface area contributed by atoms with Gasteiger partial charge in [0.1, 0.15) is 110 Å². The van der Waals surface area contributed by atoms with E-state index in [1.54, 1.807) is 0 Å². The second kappa shape index (κ2) is 24.3. The van der Waals surface area contributed by atoms with Gasteiger partial charge in [-0.25, -0.2) is 0 Å². The minimum Gasteiger partial charge on any atom is -0.432 e.